The summed E-state index contributed by atoms with van der Waals surface area (Å²) < 4.78 is 2.48. The number of aromatic nitrogens is 1. The summed E-state index contributed by atoms with van der Waals surface area (Å²) in [5.74, 6) is 0. The van der Waals surface area contributed by atoms with E-state index in [4.69, 9.17) is 0 Å². The second kappa shape index (κ2) is 7.61. The molecule has 1 aliphatic heterocycles. The third-order valence-corrected chi connectivity index (χ3v) is 3.15. The van der Waals surface area contributed by atoms with Crippen LogP contribution in [0.2, 0.25) is 0 Å². The van der Waals surface area contributed by atoms with E-state index in [-0.39, 0.29) is 0 Å². The van der Waals surface area contributed by atoms with E-state index < -0.39 is 0 Å². The van der Waals surface area contributed by atoms with Crippen LogP contribution in [0, 0.1) is 6.92 Å². The normalized spacial score (nSPS) is 12.3. The number of nitrogens with zero attached hydrogens (tertiary/aromatic N) is 1. The van der Waals surface area contributed by atoms with Crippen LogP contribution in [0.25, 0.3) is 10.9 Å². The minimum atomic E-state index is 1.21. The number of rotatable bonds is 0. The number of aryl methyl sites for hydroxylation is 2. The van der Waals surface area contributed by atoms with E-state index in [0.29, 0.717) is 0 Å². The average molecular weight is 455 g/mol. The summed E-state index contributed by atoms with van der Waals surface area (Å²) in [4.78, 5) is 0. The summed E-state index contributed by atoms with van der Waals surface area (Å²) in [6.07, 6.45) is 2.58. The van der Waals surface area contributed by atoms with E-state index in [2.05, 4.69) is 73.0 Å². The van der Waals surface area contributed by atoms with Crippen molar-refractivity contribution >= 4 is 48.1 Å². The van der Waals surface area contributed by atoms with Crippen molar-refractivity contribution in [3.63, 3.8) is 0 Å². The lowest BCUT2D eigenvalue weighted by Crippen LogP contribution is -1.90. The number of hydrogen-bond donors (Lipinski definition) is 0. The highest BCUT2D eigenvalue weighted by molar-refractivity contribution is 15.0. The molecule has 1 aliphatic rings. The maximum atomic E-state index is 2.48. The summed E-state index contributed by atoms with van der Waals surface area (Å²) in [5.41, 5.74) is 4.47. The third-order valence-electron chi connectivity index (χ3n) is 3.15. The lowest BCUT2D eigenvalue weighted by atomic mass is 10.1. The summed E-state index contributed by atoms with van der Waals surface area (Å²) >= 11 is 4.24. The zero-order chi connectivity index (χ0) is 12.8. The molecular weight excluding hydrogens is 436 g/mol. The fourth-order valence-electron chi connectivity index (χ4n) is 2.51. The topological polar surface area (TPSA) is 4.93 Å². The Morgan fingerprint density at radius 1 is 1.12 bits per heavy atom. The van der Waals surface area contributed by atoms with Crippen LogP contribution in [0.5, 0.6) is 0 Å². The number of fused-ring (bicyclic) bond motifs is 3. The van der Waals surface area contributed by atoms with Crippen LogP contribution in [0.15, 0.2) is 24.3 Å². The molecule has 3 rings (SSSR count). The van der Waals surface area contributed by atoms with E-state index in [0.717, 1.165) is 0 Å². The molecule has 17 heavy (non-hydrogen) atoms. The number of para-hydroxylation sites is 1. The van der Waals surface area contributed by atoms with Crippen LogP contribution in [0.3, 0.4) is 0 Å². The third kappa shape index (κ3) is 2.97. The van der Waals surface area contributed by atoms with Crippen molar-refractivity contribution in [2.45, 2.75) is 40.2 Å². The van der Waals surface area contributed by atoms with Crippen molar-refractivity contribution in [2.75, 3.05) is 0 Å². The second-order valence-electron chi connectivity index (χ2n) is 3.84. The Hall–Kier alpha value is 0.220. The van der Waals surface area contributed by atoms with Gasteiger partial charge < -0.3 is 4.57 Å². The van der Waals surface area contributed by atoms with Gasteiger partial charge in [-0.05, 0) is 31.4 Å². The molecule has 0 bridgehead atoms. The standard InChI is InChI=1S/C12H13N.C2H6.I2/c1-9-10-5-2-3-6-12(10)13-8-4-7-11(9)13;2*1-2/h2-3,5-6H,4,7-8H2,1H3;1-2H3;. The molecule has 0 unspecified atom stereocenters. The van der Waals surface area contributed by atoms with Gasteiger partial charge in [-0.25, -0.2) is 0 Å². The highest BCUT2D eigenvalue weighted by Crippen LogP contribution is 2.30. The molecule has 0 N–H and O–H groups in total. The predicted molar refractivity (Wildman–Crippen MR) is 94.4 cm³/mol. The van der Waals surface area contributed by atoms with Gasteiger partial charge in [-0.3, -0.25) is 0 Å². The molecular formula is C14H19I2N. The van der Waals surface area contributed by atoms with E-state index in [1.165, 1.54) is 35.9 Å². The van der Waals surface area contributed by atoms with Crippen LogP contribution in [-0.2, 0) is 13.0 Å². The average Bonchev–Trinajstić information content (AvgIpc) is 2.99. The van der Waals surface area contributed by atoms with Crippen LogP contribution >= 0.6 is 37.2 Å². The number of halogens is 2. The Bertz CT molecular complexity index is 474. The highest BCUT2D eigenvalue weighted by atomic mass is 128. The van der Waals surface area contributed by atoms with Crippen LogP contribution < -0.4 is 0 Å². The van der Waals surface area contributed by atoms with Crippen LogP contribution in [0.1, 0.15) is 31.5 Å². The summed E-state index contributed by atoms with van der Waals surface area (Å²) in [6, 6.07) is 8.73. The number of benzene rings is 1. The Labute approximate surface area is 127 Å². The predicted octanol–water partition coefficient (Wildman–Crippen LogP) is 5.69. The minimum Gasteiger partial charge on any atom is -0.344 e. The van der Waals surface area contributed by atoms with Gasteiger partial charge in [0.15, 0.2) is 0 Å². The molecule has 2 aromatic rings. The van der Waals surface area contributed by atoms with Gasteiger partial charge in [0.05, 0.1) is 0 Å². The molecule has 0 saturated carbocycles. The Morgan fingerprint density at radius 2 is 1.76 bits per heavy atom. The Morgan fingerprint density at radius 3 is 2.47 bits per heavy atom. The molecule has 0 saturated heterocycles. The van der Waals surface area contributed by atoms with Gasteiger partial charge in [-0.1, -0.05) is 32.0 Å². The van der Waals surface area contributed by atoms with Crippen molar-refractivity contribution in [1.82, 2.24) is 4.57 Å². The number of hydrogen-bond acceptors (Lipinski definition) is 0. The van der Waals surface area contributed by atoms with Crippen molar-refractivity contribution in [3.05, 3.63) is 35.5 Å². The summed E-state index contributed by atoms with van der Waals surface area (Å²) in [5, 5.41) is 1.44. The molecule has 3 heteroatoms. The molecule has 94 valence electrons. The molecule has 0 atom stereocenters. The van der Waals surface area contributed by atoms with E-state index in [9.17, 15) is 0 Å². The lowest BCUT2D eigenvalue weighted by Gasteiger charge is -1.97. The molecule has 2 heterocycles. The lowest BCUT2D eigenvalue weighted by molar-refractivity contribution is 0.772. The smallest absolute Gasteiger partial charge is 0.0485 e. The fourth-order valence-corrected chi connectivity index (χ4v) is 2.51. The van der Waals surface area contributed by atoms with E-state index in [1.807, 2.05) is 13.8 Å². The SMILES string of the molecule is CC.Cc1c2n(c3ccccc13)CCC2.II. The molecule has 1 aromatic heterocycles. The van der Waals surface area contributed by atoms with Crippen LogP contribution in [-0.4, -0.2) is 4.57 Å². The first-order valence-corrected chi connectivity index (χ1v) is 12.4. The van der Waals surface area contributed by atoms with Gasteiger partial charge >= 0.3 is 0 Å². The van der Waals surface area contributed by atoms with Gasteiger partial charge in [-0.2, -0.15) is 0 Å². The van der Waals surface area contributed by atoms with E-state index in [1.54, 1.807) is 5.69 Å². The molecule has 0 radical (unpaired) electrons. The maximum Gasteiger partial charge on any atom is 0.0485 e. The Kier molecular flexibility index (Phi) is 6.84. The maximum absolute atomic E-state index is 2.48. The van der Waals surface area contributed by atoms with Crippen molar-refractivity contribution in [1.29, 1.82) is 0 Å². The van der Waals surface area contributed by atoms with Crippen molar-refractivity contribution in [2.24, 2.45) is 0 Å². The molecule has 1 nitrogen and oxygen atoms in total. The zero-order valence-corrected chi connectivity index (χ0v) is 14.9. The minimum absolute atomic E-state index is 1.21. The van der Waals surface area contributed by atoms with Crippen molar-refractivity contribution in [3.8, 4) is 0 Å². The molecule has 0 aliphatic carbocycles. The molecule has 0 spiro atoms. The van der Waals surface area contributed by atoms with Gasteiger partial charge in [0.1, 0.15) is 0 Å². The largest absolute Gasteiger partial charge is 0.344 e. The summed E-state index contributed by atoms with van der Waals surface area (Å²) in [6.45, 7) is 7.46. The van der Waals surface area contributed by atoms with Gasteiger partial charge in [0.2, 0.25) is 0 Å². The van der Waals surface area contributed by atoms with Gasteiger partial charge in [-0.15, -0.1) is 0 Å². The first kappa shape index (κ1) is 15.3. The van der Waals surface area contributed by atoms with Crippen LogP contribution in [0.4, 0.5) is 0 Å². The van der Waals surface area contributed by atoms with E-state index >= 15 is 0 Å². The molecule has 0 fully saturated rings. The second-order valence-corrected chi connectivity index (χ2v) is 3.84. The van der Waals surface area contributed by atoms with Gasteiger partial charge in [0, 0.05) is 60.4 Å². The summed E-state index contributed by atoms with van der Waals surface area (Å²) in [7, 11) is 0. The highest BCUT2D eigenvalue weighted by Gasteiger charge is 2.17. The van der Waals surface area contributed by atoms with Crippen molar-refractivity contribution < 1.29 is 0 Å². The first-order chi connectivity index (χ1) is 8.38. The molecule has 1 aromatic carbocycles. The first-order valence-electron chi connectivity index (χ1n) is 6.09. The Balaban J connectivity index is 0.000000330. The fraction of sp³-hybridized carbons (Fsp3) is 0.429. The quantitative estimate of drug-likeness (QED) is 0.450. The van der Waals surface area contributed by atoms with Gasteiger partial charge in [0.25, 0.3) is 0 Å². The molecule has 0 amide bonds. The zero-order valence-electron chi connectivity index (χ0n) is 10.6. The monoisotopic (exact) mass is 455 g/mol.